The van der Waals surface area contributed by atoms with Gasteiger partial charge in [0.2, 0.25) is 0 Å². The Morgan fingerprint density at radius 3 is 0.981 bits per heavy atom. The lowest BCUT2D eigenvalue weighted by atomic mass is 9.90. The number of hydrogen-bond donors (Lipinski definition) is 0. The van der Waals surface area contributed by atoms with Gasteiger partial charge in [-0.1, -0.05) is 72.8 Å². The molecule has 9 rings (SSSR count). The van der Waals surface area contributed by atoms with Gasteiger partial charge in [0.15, 0.2) is 0 Å². The topological polar surface area (TPSA) is 64.5 Å². The lowest BCUT2D eigenvalue weighted by molar-refractivity contribution is 1.28. The van der Waals surface area contributed by atoms with Gasteiger partial charge in [0.25, 0.3) is 0 Å². The molecule has 0 unspecified atom stereocenters. The molecule has 254 valence electrons. The minimum absolute atomic E-state index is 0.898. The molecule has 0 bridgehead atoms. The van der Waals surface area contributed by atoms with Crippen LogP contribution in [0.4, 0.5) is 0 Å². The van der Waals surface area contributed by atoms with Crippen LogP contribution >= 0.6 is 0 Å². The van der Waals surface area contributed by atoms with E-state index in [1.54, 1.807) is 6.20 Å². The number of aromatic nitrogens is 5. The van der Waals surface area contributed by atoms with E-state index >= 15 is 0 Å². The van der Waals surface area contributed by atoms with Crippen molar-refractivity contribution in [3.05, 3.63) is 201 Å². The molecule has 0 saturated heterocycles. The Bertz CT molecular complexity index is 2570. The van der Waals surface area contributed by atoms with Crippen LogP contribution in [0.1, 0.15) is 0 Å². The molecule has 9 aromatic rings. The standard InChI is InChI=1S/C49H33N5/c1-3-19-53-48(16-1)46-27-44(30-51-32-46)38-13-6-11-36(22-38)42-24-41(35-10-5-9-34(21-35)40-15-8-18-50-29-40)25-43(26-42)37-12-7-14-39(23-37)45-28-47(33-52-31-45)49-17-2-4-20-54-49/h1-33H. The summed E-state index contributed by atoms with van der Waals surface area (Å²) in [6.07, 6.45) is 14.9. The van der Waals surface area contributed by atoms with Gasteiger partial charge in [-0.3, -0.25) is 24.9 Å². The van der Waals surface area contributed by atoms with Crippen molar-refractivity contribution < 1.29 is 0 Å². The fraction of sp³-hybridized carbons (Fsp3) is 0. The van der Waals surface area contributed by atoms with E-state index in [0.717, 1.165) is 89.3 Å². The molecule has 5 nitrogen and oxygen atoms in total. The summed E-state index contributed by atoms with van der Waals surface area (Å²) < 4.78 is 0. The fourth-order valence-corrected chi connectivity index (χ4v) is 6.84. The molecule has 0 N–H and O–H groups in total. The molecular formula is C49H33N5. The van der Waals surface area contributed by atoms with Gasteiger partial charge >= 0.3 is 0 Å². The van der Waals surface area contributed by atoms with E-state index in [9.17, 15) is 0 Å². The van der Waals surface area contributed by atoms with E-state index in [1.807, 2.05) is 85.8 Å². The summed E-state index contributed by atoms with van der Waals surface area (Å²) in [6.45, 7) is 0. The van der Waals surface area contributed by atoms with Crippen LogP contribution in [0.15, 0.2) is 201 Å². The highest BCUT2D eigenvalue weighted by atomic mass is 14.7. The average Bonchev–Trinajstić information content (AvgIpc) is 3.27. The first-order valence-corrected chi connectivity index (χ1v) is 17.8. The molecule has 0 atom stereocenters. The summed E-state index contributed by atoms with van der Waals surface area (Å²) >= 11 is 0. The number of rotatable bonds is 8. The second-order valence-corrected chi connectivity index (χ2v) is 13.1. The number of benzene rings is 4. The van der Waals surface area contributed by atoms with Crippen LogP contribution in [0.25, 0.3) is 89.3 Å². The molecule has 5 heteroatoms. The second kappa shape index (κ2) is 14.7. The van der Waals surface area contributed by atoms with Gasteiger partial charge in [0.05, 0.1) is 11.4 Å². The van der Waals surface area contributed by atoms with Gasteiger partial charge in [-0.2, -0.15) is 0 Å². The molecule has 0 aliphatic carbocycles. The van der Waals surface area contributed by atoms with Crippen molar-refractivity contribution in [3.8, 4) is 89.3 Å². The minimum atomic E-state index is 0.898. The van der Waals surface area contributed by atoms with Crippen molar-refractivity contribution in [1.82, 2.24) is 24.9 Å². The predicted molar refractivity (Wildman–Crippen MR) is 219 cm³/mol. The van der Waals surface area contributed by atoms with Crippen molar-refractivity contribution in [2.45, 2.75) is 0 Å². The Morgan fingerprint density at radius 1 is 0.222 bits per heavy atom. The van der Waals surface area contributed by atoms with Crippen LogP contribution in [-0.4, -0.2) is 24.9 Å². The van der Waals surface area contributed by atoms with Gasteiger partial charge in [0.1, 0.15) is 0 Å². The molecule has 0 amide bonds. The van der Waals surface area contributed by atoms with E-state index in [-0.39, 0.29) is 0 Å². The maximum atomic E-state index is 4.58. The Kier molecular flexibility index (Phi) is 8.86. The van der Waals surface area contributed by atoms with E-state index in [2.05, 4.69) is 134 Å². The monoisotopic (exact) mass is 691 g/mol. The van der Waals surface area contributed by atoms with Crippen molar-refractivity contribution in [2.24, 2.45) is 0 Å². The molecule has 0 radical (unpaired) electrons. The zero-order chi connectivity index (χ0) is 36.1. The predicted octanol–water partition coefficient (Wildman–Crippen LogP) is 12.0. The molecule has 0 spiro atoms. The SMILES string of the molecule is c1ccc(-c2cncc(-c3cccc(-c4cc(-c5cccc(-c6cccnc6)c5)cc(-c5cccc(-c6cncc(-c7ccccn7)c6)c5)c4)c3)c2)nc1. The molecule has 5 heterocycles. The summed E-state index contributed by atoms with van der Waals surface area (Å²) in [6, 6.07) is 53.2. The maximum Gasteiger partial charge on any atom is 0.0717 e. The summed E-state index contributed by atoms with van der Waals surface area (Å²) in [7, 11) is 0. The minimum Gasteiger partial charge on any atom is -0.264 e. The second-order valence-electron chi connectivity index (χ2n) is 13.1. The largest absolute Gasteiger partial charge is 0.264 e. The molecule has 0 aliphatic rings. The smallest absolute Gasteiger partial charge is 0.0717 e. The molecule has 0 saturated carbocycles. The van der Waals surface area contributed by atoms with Gasteiger partial charge in [-0.15, -0.1) is 0 Å². The lowest BCUT2D eigenvalue weighted by Gasteiger charge is -2.14. The Hall–Kier alpha value is -7.37. The Labute approximate surface area is 314 Å². The number of hydrogen-bond acceptors (Lipinski definition) is 5. The van der Waals surface area contributed by atoms with E-state index < -0.39 is 0 Å². The average molecular weight is 692 g/mol. The van der Waals surface area contributed by atoms with Gasteiger partial charge in [0, 0.05) is 77.4 Å². The zero-order valence-electron chi connectivity index (χ0n) is 29.3. The van der Waals surface area contributed by atoms with E-state index in [4.69, 9.17) is 0 Å². The van der Waals surface area contributed by atoms with Crippen LogP contribution in [0.5, 0.6) is 0 Å². The summed E-state index contributed by atoms with van der Waals surface area (Å²) in [5, 5.41) is 0. The third kappa shape index (κ3) is 6.94. The zero-order valence-corrected chi connectivity index (χ0v) is 29.3. The quantitative estimate of drug-likeness (QED) is 0.159. The van der Waals surface area contributed by atoms with Gasteiger partial charge < -0.3 is 0 Å². The summed E-state index contributed by atoms with van der Waals surface area (Å²) in [5.74, 6) is 0. The summed E-state index contributed by atoms with van der Waals surface area (Å²) in [5.41, 5.74) is 16.9. The van der Waals surface area contributed by atoms with Gasteiger partial charge in [-0.25, -0.2) is 0 Å². The molecule has 0 fully saturated rings. The van der Waals surface area contributed by atoms with Crippen LogP contribution in [0.3, 0.4) is 0 Å². The normalized spacial score (nSPS) is 11.0. The fourth-order valence-electron chi connectivity index (χ4n) is 6.84. The Balaban J connectivity index is 1.15. The first kappa shape index (κ1) is 32.5. The first-order valence-electron chi connectivity index (χ1n) is 17.8. The van der Waals surface area contributed by atoms with E-state index in [0.29, 0.717) is 0 Å². The van der Waals surface area contributed by atoms with E-state index in [1.165, 1.54) is 0 Å². The molecule has 54 heavy (non-hydrogen) atoms. The highest BCUT2D eigenvalue weighted by Crippen LogP contribution is 2.37. The van der Waals surface area contributed by atoms with Crippen LogP contribution < -0.4 is 0 Å². The maximum absolute atomic E-state index is 4.58. The lowest BCUT2D eigenvalue weighted by Crippen LogP contribution is -1.90. The van der Waals surface area contributed by atoms with Gasteiger partial charge in [-0.05, 0) is 129 Å². The van der Waals surface area contributed by atoms with Crippen LogP contribution in [0, 0.1) is 0 Å². The first-order chi connectivity index (χ1) is 26.7. The van der Waals surface area contributed by atoms with Crippen molar-refractivity contribution in [1.29, 1.82) is 0 Å². The molecular weight excluding hydrogens is 659 g/mol. The third-order valence-corrected chi connectivity index (χ3v) is 9.58. The highest BCUT2D eigenvalue weighted by Gasteiger charge is 2.12. The van der Waals surface area contributed by atoms with Crippen molar-refractivity contribution in [3.63, 3.8) is 0 Å². The van der Waals surface area contributed by atoms with Crippen LogP contribution in [0.2, 0.25) is 0 Å². The Morgan fingerprint density at radius 2 is 0.574 bits per heavy atom. The third-order valence-electron chi connectivity index (χ3n) is 9.58. The highest BCUT2D eigenvalue weighted by molar-refractivity contribution is 5.85. The number of nitrogens with zero attached hydrogens (tertiary/aromatic N) is 5. The molecule has 5 aromatic heterocycles. The molecule has 4 aromatic carbocycles. The van der Waals surface area contributed by atoms with Crippen molar-refractivity contribution >= 4 is 0 Å². The van der Waals surface area contributed by atoms with Crippen molar-refractivity contribution in [2.75, 3.05) is 0 Å². The summed E-state index contributed by atoms with van der Waals surface area (Å²) in [4.78, 5) is 22.6. The number of pyridine rings is 5. The van der Waals surface area contributed by atoms with Crippen LogP contribution in [-0.2, 0) is 0 Å². The molecule has 0 aliphatic heterocycles.